The van der Waals surface area contributed by atoms with Crippen LogP contribution in [0.2, 0.25) is 0 Å². The fourth-order valence-corrected chi connectivity index (χ4v) is 5.04. The zero-order valence-electron chi connectivity index (χ0n) is 23.9. The highest BCUT2D eigenvalue weighted by Gasteiger charge is 2.12. The number of nitrogens with zero attached hydrogens (tertiary/aromatic N) is 2. The first-order valence-electron chi connectivity index (χ1n) is 14.5. The molecule has 206 valence electrons. The third-order valence-electron chi connectivity index (χ3n) is 7.21. The van der Waals surface area contributed by atoms with Crippen molar-refractivity contribution in [2.24, 2.45) is 0 Å². The Morgan fingerprint density at radius 3 is 1.49 bits per heavy atom. The Hall–Kier alpha value is -5.73. The molecule has 0 spiro atoms. The number of hydrogen-bond acceptors (Lipinski definition) is 2. The van der Waals surface area contributed by atoms with E-state index < -0.39 is 0 Å². The van der Waals surface area contributed by atoms with Crippen molar-refractivity contribution in [3.8, 4) is 0 Å². The first-order chi connectivity index (χ1) is 21.3. The maximum atomic E-state index is 4.60. The van der Waals surface area contributed by atoms with E-state index in [1.54, 1.807) is 0 Å². The van der Waals surface area contributed by atoms with E-state index in [9.17, 15) is 0 Å². The minimum Gasteiger partial charge on any atom is -0.317 e. The van der Waals surface area contributed by atoms with Crippen molar-refractivity contribution in [1.29, 1.82) is 0 Å². The fraction of sp³-hybridized carbons (Fsp3) is 0. The molecule has 0 saturated carbocycles. The van der Waals surface area contributed by atoms with E-state index in [2.05, 4.69) is 174 Å². The summed E-state index contributed by atoms with van der Waals surface area (Å²) in [5, 5.41) is 0. The van der Waals surface area contributed by atoms with Crippen LogP contribution in [0.25, 0.3) is 17.2 Å². The topological polar surface area (TPSA) is 16.1 Å². The molecule has 0 amide bonds. The van der Waals surface area contributed by atoms with E-state index in [0.29, 0.717) is 0 Å². The lowest BCUT2D eigenvalue weighted by Gasteiger charge is -2.23. The van der Waals surface area contributed by atoms with E-state index in [-0.39, 0.29) is 0 Å². The summed E-state index contributed by atoms with van der Waals surface area (Å²) in [6, 6.07) is 56.7. The molecule has 0 saturated heterocycles. The first-order valence-corrected chi connectivity index (χ1v) is 14.5. The summed E-state index contributed by atoms with van der Waals surface area (Å²) in [5.74, 6) is 0. The molecule has 0 radical (unpaired) electrons. The predicted molar refractivity (Wildman–Crippen MR) is 182 cm³/mol. The summed E-state index contributed by atoms with van der Waals surface area (Å²) in [6.45, 7) is 0. The highest BCUT2D eigenvalue weighted by molar-refractivity contribution is 5.84. The number of allylic oxidation sites excluding steroid dienone is 2. The van der Waals surface area contributed by atoms with Gasteiger partial charge >= 0.3 is 0 Å². The number of pyridine rings is 1. The van der Waals surface area contributed by atoms with Crippen LogP contribution < -0.4 is 4.90 Å². The van der Waals surface area contributed by atoms with Gasteiger partial charge in [-0.2, -0.15) is 0 Å². The summed E-state index contributed by atoms with van der Waals surface area (Å²) in [5.41, 5.74) is 9.97. The molecular formula is C41H32N2. The first kappa shape index (κ1) is 27.4. The van der Waals surface area contributed by atoms with Crippen LogP contribution in [-0.2, 0) is 0 Å². The molecule has 6 rings (SSSR count). The summed E-state index contributed by atoms with van der Waals surface area (Å²) in [6.07, 6.45) is 10.5. The van der Waals surface area contributed by atoms with Gasteiger partial charge in [-0.15, -0.1) is 0 Å². The van der Waals surface area contributed by atoms with Gasteiger partial charge in [0.1, 0.15) is 0 Å². The van der Waals surface area contributed by atoms with Crippen molar-refractivity contribution in [3.05, 3.63) is 216 Å². The zero-order chi connectivity index (χ0) is 29.1. The van der Waals surface area contributed by atoms with Crippen LogP contribution in [0.5, 0.6) is 0 Å². The lowest BCUT2D eigenvalue weighted by Crippen LogP contribution is -2.10. The Morgan fingerprint density at radius 1 is 0.465 bits per heavy atom. The lowest BCUT2D eigenvalue weighted by atomic mass is 9.98. The standard InChI is InChI=1S/C41H32N2/c1-5-17-34(18-6-1)39(41-26-13-14-31-42-41)25-15-16-33-27-29-38(30-28-33)43(37-23-11-4-12-24-37)32-40(35-19-7-2-8-20-35)36-21-9-3-10-22-36/h1-32H. The third kappa shape index (κ3) is 6.95. The van der Waals surface area contributed by atoms with Gasteiger partial charge in [-0.05, 0) is 58.7 Å². The van der Waals surface area contributed by atoms with Crippen molar-refractivity contribution < 1.29 is 0 Å². The Kier molecular flexibility index (Phi) is 8.78. The minimum atomic E-state index is 0.951. The van der Waals surface area contributed by atoms with Gasteiger partial charge in [0.2, 0.25) is 0 Å². The molecular weight excluding hydrogens is 520 g/mol. The van der Waals surface area contributed by atoms with Gasteiger partial charge in [-0.3, -0.25) is 4.98 Å². The highest BCUT2D eigenvalue weighted by atomic mass is 15.1. The number of hydrogen-bond donors (Lipinski definition) is 0. The quantitative estimate of drug-likeness (QED) is 0.166. The van der Waals surface area contributed by atoms with E-state index in [1.807, 2.05) is 30.5 Å². The smallest absolute Gasteiger partial charge is 0.0707 e. The van der Waals surface area contributed by atoms with Crippen LogP contribution in [0.15, 0.2) is 188 Å². The van der Waals surface area contributed by atoms with Crippen LogP contribution >= 0.6 is 0 Å². The van der Waals surface area contributed by atoms with Gasteiger partial charge in [0.05, 0.1) is 5.69 Å². The second-order valence-electron chi connectivity index (χ2n) is 10.1. The molecule has 1 aromatic heterocycles. The second kappa shape index (κ2) is 13.8. The van der Waals surface area contributed by atoms with E-state index >= 15 is 0 Å². The van der Waals surface area contributed by atoms with Crippen LogP contribution in [0.4, 0.5) is 11.4 Å². The van der Waals surface area contributed by atoms with Crippen LogP contribution in [0, 0.1) is 0 Å². The Morgan fingerprint density at radius 2 is 0.953 bits per heavy atom. The molecule has 2 nitrogen and oxygen atoms in total. The highest BCUT2D eigenvalue weighted by Crippen LogP contribution is 2.32. The number of benzene rings is 5. The molecule has 0 atom stereocenters. The Balaban J connectivity index is 1.34. The molecule has 2 heteroatoms. The molecule has 0 aliphatic heterocycles. The molecule has 0 unspecified atom stereocenters. The molecule has 0 aliphatic carbocycles. The Labute approximate surface area is 254 Å². The maximum Gasteiger partial charge on any atom is 0.0707 e. The monoisotopic (exact) mass is 552 g/mol. The van der Waals surface area contributed by atoms with Gasteiger partial charge in [-0.1, -0.05) is 146 Å². The number of anilines is 2. The van der Waals surface area contributed by atoms with Crippen molar-refractivity contribution in [3.63, 3.8) is 0 Å². The number of aromatic nitrogens is 1. The molecule has 43 heavy (non-hydrogen) atoms. The van der Waals surface area contributed by atoms with Crippen LogP contribution in [0.3, 0.4) is 0 Å². The fourth-order valence-electron chi connectivity index (χ4n) is 5.04. The average molecular weight is 553 g/mol. The van der Waals surface area contributed by atoms with Crippen molar-refractivity contribution in [2.45, 2.75) is 0 Å². The SMILES string of the molecule is C(=Cc1ccc(N(C=C(c2ccccc2)c2ccccc2)c2ccccc2)cc1)C=C(c1ccccc1)c1ccccn1. The molecule has 6 aromatic rings. The number of rotatable bonds is 9. The van der Waals surface area contributed by atoms with Crippen LogP contribution in [-0.4, -0.2) is 4.98 Å². The molecule has 0 bridgehead atoms. The molecule has 0 fully saturated rings. The summed E-state index contributed by atoms with van der Waals surface area (Å²) in [4.78, 5) is 6.86. The van der Waals surface area contributed by atoms with Crippen molar-refractivity contribution in [1.82, 2.24) is 4.98 Å². The van der Waals surface area contributed by atoms with E-state index in [1.165, 1.54) is 11.1 Å². The van der Waals surface area contributed by atoms with E-state index in [4.69, 9.17) is 0 Å². The van der Waals surface area contributed by atoms with Crippen molar-refractivity contribution >= 4 is 28.6 Å². The summed E-state index contributed by atoms with van der Waals surface area (Å²) in [7, 11) is 0. The normalized spacial score (nSPS) is 11.3. The average Bonchev–Trinajstić information content (AvgIpc) is 3.09. The van der Waals surface area contributed by atoms with Crippen molar-refractivity contribution in [2.75, 3.05) is 4.90 Å². The molecule has 1 heterocycles. The van der Waals surface area contributed by atoms with Gasteiger partial charge < -0.3 is 4.90 Å². The van der Waals surface area contributed by atoms with Gasteiger partial charge in [0.15, 0.2) is 0 Å². The third-order valence-corrected chi connectivity index (χ3v) is 7.21. The number of para-hydroxylation sites is 1. The van der Waals surface area contributed by atoms with Gasteiger partial charge in [0.25, 0.3) is 0 Å². The van der Waals surface area contributed by atoms with E-state index in [0.717, 1.165) is 39.3 Å². The summed E-state index contributed by atoms with van der Waals surface area (Å²) >= 11 is 0. The maximum absolute atomic E-state index is 4.60. The Bertz CT molecular complexity index is 1720. The predicted octanol–water partition coefficient (Wildman–Crippen LogP) is 10.5. The molecule has 5 aromatic carbocycles. The summed E-state index contributed by atoms with van der Waals surface area (Å²) < 4.78 is 0. The van der Waals surface area contributed by atoms with Crippen LogP contribution in [0.1, 0.15) is 27.9 Å². The van der Waals surface area contributed by atoms with Gasteiger partial charge in [0, 0.05) is 34.9 Å². The molecule has 0 N–H and O–H groups in total. The second-order valence-corrected chi connectivity index (χ2v) is 10.1. The largest absolute Gasteiger partial charge is 0.317 e. The minimum absolute atomic E-state index is 0.951. The zero-order valence-corrected chi connectivity index (χ0v) is 23.9. The lowest BCUT2D eigenvalue weighted by molar-refractivity contribution is 1.27. The molecule has 0 aliphatic rings. The van der Waals surface area contributed by atoms with Gasteiger partial charge in [-0.25, -0.2) is 0 Å².